The summed E-state index contributed by atoms with van der Waals surface area (Å²) in [7, 11) is 1.73. The smallest absolute Gasteiger partial charge is 0.321 e. The second kappa shape index (κ2) is 5.13. The monoisotopic (exact) mass is 298 g/mol. The number of rotatable bonds is 4. The number of aromatic nitrogens is 3. The Balaban J connectivity index is 2.46. The molecule has 6 nitrogen and oxygen atoms in total. The number of hydrogen-bond donors (Lipinski definition) is 1. The number of halogens is 1. The standard InChI is InChI=1S/C10H11BrN4O2/c1-3-16-10-14-8(13-9(12-2)15-10)7-6(11)4-5-17-7/h4-5H,3H2,1-2H3,(H,12,13,14,15). The first kappa shape index (κ1) is 11.8. The van der Waals surface area contributed by atoms with E-state index in [-0.39, 0.29) is 6.01 Å². The van der Waals surface area contributed by atoms with Gasteiger partial charge in [0, 0.05) is 7.05 Å². The lowest BCUT2D eigenvalue weighted by Gasteiger charge is -2.05. The van der Waals surface area contributed by atoms with E-state index < -0.39 is 0 Å². The molecule has 0 saturated carbocycles. The summed E-state index contributed by atoms with van der Waals surface area (Å²) < 4.78 is 11.4. The molecule has 0 amide bonds. The van der Waals surface area contributed by atoms with E-state index in [9.17, 15) is 0 Å². The van der Waals surface area contributed by atoms with Crippen LogP contribution in [0.25, 0.3) is 11.6 Å². The summed E-state index contributed by atoms with van der Waals surface area (Å²) in [6.07, 6.45) is 1.56. The van der Waals surface area contributed by atoms with Crippen molar-refractivity contribution in [2.75, 3.05) is 19.0 Å². The van der Waals surface area contributed by atoms with Gasteiger partial charge in [-0.3, -0.25) is 0 Å². The molecule has 2 rings (SSSR count). The first-order chi connectivity index (χ1) is 8.24. The fourth-order valence-corrected chi connectivity index (χ4v) is 1.60. The van der Waals surface area contributed by atoms with Gasteiger partial charge in [-0.25, -0.2) is 0 Å². The van der Waals surface area contributed by atoms with Crippen LogP contribution in [0.5, 0.6) is 6.01 Å². The molecule has 2 aromatic heterocycles. The van der Waals surface area contributed by atoms with Gasteiger partial charge in [-0.15, -0.1) is 0 Å². The summed E-state index contributed by atoms with van der Waals surface area (Å²) in [6.45, 7) is 2.36. The minimum atomic E-state index is 0.269. The van der Waals surface area contributed by atoms with E-state index in [0.29, 0.717) is 24.1 Å². The van der Waals surface area contributed by atoms with Crippen LogP contribution in [-0.4, -0.2) is 28.6 Å². The van der Waals surface area contributed by atoms with Crippen molar-refractivity contribution in [2.45, 2.75) is 6.92 Å². The van der Waals surface area contributed by atoms with Crippen LogP contribution in [0.4, 0.5) is 5.95 Å². The van der Waals surface area contributed by atoms with Crippen LogP contribution in [0, 0.1) is 0 Å². The van der Waals surface area contributed by atoms with Gasteiger partial charge in [0.1, 0.15) is 0 Å². The minimum Gasteiger partial charge on any atom is -0.464 e. The first-order valence-corrected chi connectivity index (χ1v) is 5.84. The third-order valence-electron chi connectivity index (χ3n) is 1.93. The van der Waals surface area contributed by atoms with Crippen LogP contribution in [-0.2, 0) is 0 Å². The molecule has 0 saturated heterocycles. The van der Waals surface area contributed by atoms with Crippen molar-refractivity contribution >= 4 is 21.9 Å². The zero-order valence-corrected chi connectivity index (χ0v) is 11.0. The molecule has 17 heavy (non-hydrogen) atoms. The third-order valence-corrected chi connectivity index (χ3v) is 2.56. The second-order valence-electron chi connectivity index (χ2n) is 3.05. The highest BCUT2D eigenvalue weighted by Crippen LogP contribution is 2.27. The number of nitrogens with zero attached hydrogens (tertiary/aromatic N) is 3. The molecule has 0 atom stereocenters. The Kier molecular flexibility index (Phi) is 3.58. The quantitative estimate of drug-likeness (QED) is 0.934. The predicted molar refractivity (Wildman–Crippen MR) is 65.9 cm³/mol. The van der Waals surface area contributed by atoms with Gasteiger partial charge in [0.2, 0.25) is 11.8 Å². The summed E-state index contributed by atoms with van der Waals surface area (Å²) in [5.74, 6) is 1.40. The van der Waals surface area contributed by atoms with E-state index in [1.807, 2.05) is 6.92 Å². The number of anilines is 1. The van der Waals surface area contributed by atoms with Crippen LogP contribution in [0.1, 0.15) is 6.92 Å². The van der Waals surface area contributed by atoms with Crippen LogP contribution >= 0.6 is 15.9 Å². The molecule has 2 aromatic rings. The van der Waals surface area contributed by atoms with E-state index in [1.165, 1.54) is 0 Å². The molecule has 90 valence electrons. The van der Waals surface area contributed by atoms with Crippen LogP contribution < -0.4 is 10.1 Å². The Morgan fingerprint density at radius 2 is 2.24 bits per heavy atom. The summed E-state index contributed by atoms with van der Waals surface area (Å²) in [4.78, 5) is 12.4. The molecular weight excluding hydrogens is 288 g/mol. The van der Waals surface area contributed by atoms with Crippen molar-refractivity contribution in [3.8, 4) is 17.6 Å². The number of ether oxygens (including phenoxy) is 1. The molecule has 0 bridgehead atoms. The Bertz CT molecular complexity index is 515. The average Bonchev–Trinajstić information content (AvgIpc) is 2.75. The van der Waals surface area contributed by atoms with Gasteiger partial charge >= 0.3 is 6.01 Å². The number of nitrogens with one attached hydrogen (secondary N) is 1. The summed E-state index contributed by atoms with van der Waals surface area (Å²) in [5, 5.41) is 2.85. The summed E-state index contributed by atoms with van der Waals surface area (Å²) in [5.41, 5.74) is 0. The van der Waals surface area contributed by atoms with E-state index in [4.69, 9.17) is 9.15 Å². The molecule has 0 aliphatic carbocycles. The van der Waals surface area contributed by atoms with E-state index in [0.717, 1.165) is 4.47 Å². The van der Waals surface area contributed by atoms with Gasteiger partial charge in [-0.1, -0.05) is 0 Å². The Hall–Kier alpha value is -1.63. The number of hydrogen-bond acceptors (Lipinski definition) is 6. The summed E-state index contributed by atoms with van der Waals surface area (Å²) in [6, 6.07) is 2.04. The van der Waals surface area contributed by atoms with Crippen LogP contribution in [0.2, 0.25) is 0 Å². The van der Waals surface area contributed by atoms with Crippen molar-refractivity contribution in [3.05, 3.63) is 16.8 Å². The van der Waals surface area contributed by atoms with Gasteiger partial charge in [0.05, 0.1) is 17.3 Å². The SMILES string of the molecule is CCOc1nc(NC)nc(-c2occc2Br)n1. The van der Waals surface area contributed by atoms with Crippen molar-refractivity contribution in [3.63, 3.8) is 0 Å². The van der Waals surface area contributed by atoms with Crippen molar-refractivity contribution < 1.29 is 9.15 Å². The molecule has 0 spiro atoms. The predicted octanol–water partition coefficient (Wildman–Crippen LogP) is 2.33. The maximum absolute atomic E-state index is 5.30. The molecule has 1 N–H and O–H groups in total. The molecule has 0 radical (unpaired) electrons. The van der Waals surface area contributed by atoms with Crippen LogP contribution in [0.15, 0.2) is 21.2 Å². The van der Waals surface area contributed by atoms with Crippen molar-refractivity contribution in [2.24, 2.45) is 0 Å². The van der Waals surface area contributed by atoms with Gasteiger partial charge in [0.25, 0.3) is 0 Å². The van der Waals surface area contributed by atoms with Crippen LogP contribution in [0.3, 0.4) is 0 Å². The second-order valence-corrected chi connectivity index (χ2v) is 3.90. The Labute approximate surface area is 107 Å². The number of furan rings is 1. The maximum Gasteiger partial charge on any atom is 0.321 e. The summed E-state index contributed by atoms with van der Waals surface area (Å²) >= 11 is 3.36. The molecule has 0 aromatic carbocycles. The fourth-order valence-electron chi connectivity index (χ4n) is 1.22. The molecule has 7 heteroatoms. The Morgan fingerprint density at radius 1 is 1.41 bits per heavy atom. The van der Waals surface area contributed by atoms with Gasteiger partial charge in [0.15, 0.2) is 5.76 Å². The normalized spacial score (nSPS) is 10.3. The minimum absolute atomic E-state index is 0.269. The van der Waals surface area contributed by atoms with E-state index >= 15 is 0 Å². The lowest BCUT2D eigenvalue weighted by molar-refractivity contribution is 0.312. The largest absolute Gasteiger partial charge is 0.464 e. The highest BCUT2D eigenvalue weighted by molar-refractivity contribution is 9.10. The molecule has 0 aliphatic heterocycles. The zero-order valence-electron chi connectivity index (χ0n) is 9.40. The Morgan fingerprint density at radius 3 is 2.82 bits per heavy atom. The average molecular weight is 299 g/mol. The van der Waals surface area contributed by atoms with Gasteiger partial charge < -0.3 is 14.5 Å². The zero-order chi connectivity index (χ0) is 12.3. The van der Waals surface area contributed by atoms with Crippen molar-refractivity contribution in [1.82, 2.24) is 15.0 Å². The van der Waals surface area contributed by atoms with Gasteiger partial charge in [-0.05, 0) is 28.9 Å². The van der Waals surface area contributed by atoms with E-state index in [1.54, 1.807) is 19.4 Å². The molecular formula is C10H11BrN4O2. The molecule has 0 unspecified atom stereocenters. The third kappa shape index (κ3) is 2.55. The first-order valence-electron chi connectivity index (χ1n) is 5.04. The highest BCUT2D eigenvalue weighted by atomic mass is 79.9. The molecule has 2 heterocycles. The lowest BCUT2D eigenvalue weighted by Crippen LogP contribution is -2.05. The lowest BCUT2D eigenvalue weighted by atomic mass is 10.4. The van der Waals surface area contributed by atoms with Crippen molar-refractivity contribution in [1.29, 1.82) is 0 Å². The van der Waals surface area contributed by atoms with Gasteiger partial charge in [-0.2, -0.15) is 15.0 Å². The molecule has 0 fully saturated rings. The van der Waals surface area contributed by atoms with E-state index in [2.05, 4.69) is 36.2 Å². The highest BCUT2D eigenvalue weighted by Gasteiger charge is 2.14. The topological polar surface area (TPSA) is 73.1 Å². The fraction of sp³-hybridized carbons (Fsp3) is 0.300. The maximum atomic E-state index is 5.30. The molecule has 0 aliphatic rings.